The molecule has 3 nitrogen and oxygen atoms in total. The molecule has 0 amide bonds. The van der Waals surface area contributed by atoms with E-state index < -0.39 is 11.9 Å². The molecular weight excluding hydrogens is 343 g/mol. The minimum absolute atomic E-state index is 0.0999. The van der Waals surface area contributed by atoms with Crippen molar-refractivity contribution in [1.29, 1.82) is 0 Å². The zero-order valence-electron chi connectivity index (χ0n) is 10.7. The van der Waals surface area contributed by atoms with Gasteiger partial charge in [0.1, 0.15) is 5.78 Å². The first-order chi connectivity index (χ1) is 8.45. The van der Waals surface area contributed by atoms with Gasteiger partial charge in [-0.25, -0.2) is 0 Å². The number of hydrogen-bond acceptors (Lipinski definition) is 2. The quantitative estimate of drug-likeness (QED) is 0.621. The monoisotopic (exact) mass is 362 g/mol. The third-order valence-electron chi connectivity index (χ3n) is 5.76. The molecule has 3 aliphatic carbocycles. The van der Waals surface area contributed by atoms with Crippen LogP contribution in [0.2, 0.25) is 0 Å². The van der Waals surface area contributed by atoms with Gasteiger partial charge < -0.3 is 5.11 Å². The fourth-order valence-electron chi connectivity index (χ4n) is 5.16. The Kier molecular flexibility index (Phi) is 2.81. The van der Waals surface area contributed by atoms with E-state index in [0.717, 1.165) is 19.3 Å². The van der Waals surface area contributed by atoms with E-state index in [-0.39, 0.29) is 23.0 Å². The first kappa shape index (κ1) is 12.9. The molecule has 2 bridgehead atoms. The SMILES string of the molecule is CCC1C(I)C2C(C(=O)O)C(C(C)=O)C1C21CC1. The Morgan fingerprint density at radius 3 is 2.28 bits per heavy atom. The van der Waals surface area contributed by atoms with Gasteiger partial charge in [0.25, 0.3) is 0 Å². The maximum atomic E-state index is 12.0. The molecule has 4 heteroatoms. The Bertz CT molecular complexity index is 415. The highest BCUT2D eigenvalue weighted by Crippen LogP contribution is 2.77. The van der Waals surface area contributed by atoms with Crippen LogP contribution in [-0.2, 0) is 9.59 Å². The van der Waals surface area contributed by atoms with Crippen molar-refractivity contribution in [2.45, 2.75) is 37.0 Å². The summed E-state index contributed by atoms with van der Waals surface area (Å²) in [6, 6.07) is 0. The molecule has 100 valence electrons. The fourth-order valence-corrected chi connectivity index (χ4v) is 7.28. The molecule has 6 atom stereocenters. The minimum atomic E-state index is -0.745. The molecule has 3 aliphatic rings. The number of carbonyl (C=O) groups excluding carboxylic acids is 1. The van der Waals surface area contributed by atoms with E-state index in [1.165, 1.54) is 0 Å². The summed E-state index contributed by atoms with van der Waals surface area (Å²) in [5.41, 5.74) is 0.214. The lowest BCUT2D eigenvalue weighted by atomic mass is 9.71. The van der Waals surface area contributed by atoms with Crippen LogP contribution < -0.4 is 0 Å². The second kappa shape index (κ2) is 3.93. The van der Waals surface area contributed by atoms with Crippen LogP contribution in [0.1, 0.15) is 33.1 Å². The van der Waals surface area contributed by atoms with Gasteiger partial charge in [-0.2, -0.15) is 0 Å². The first-order valence-corrected chi connectivity index (χ1v) is 8.07. The number of Topliss-reactive ketones (excluding diaryl/α,β-unsaturated/α-hetero) is 1. The average molecular weight is 362 g/mol. The third kappa shape index (κ3) is 1.36. The Morgan fingerprint density at radius 2 is 1.89 bits per heavy atom. The maximum Gasteiger partial charge on any atom is 0.307 e. The number of aliphatic carboxylic acids is 1. The normalized spacial score (nSPS) is 47.5. The predicted octanol–water partition coefficient (Wildman–Crippen LogP) is 2.76. The van der Waals surface area contributed by atoms with Gasteiger partial charge in [-0.1, -0.05) is 35.9 Å². The highest BCUT2D eigenvalue weighted by Gasteiger charge is 2.76. The molecule has 0 heterocycles. The number of ketones is 1. The van der Waals surface area contributed by atoms with Crippen LogP contribution in [0.3, 0.4) is 0 Å². The summed E-state index contributed by atoms with van der Waals surface area (Å²) < 4.78 is 0.441. The van der Waals surface area contributed by atoms with Crippen molar-refractivity contribution < 1.29 is 14.7 Å². The average Bonchev–Trinajstić information content (AvgIpc) is 2.95. The number of carboxylic acids is 1. The molecule has 0 aromatic carbocycles. The Labute approximate surface area is 121 Å². The smallest absolute Gasteiger partial charge is 0.307 e. The van der Waals surface area contributed by atoms with Crippen molar-refractivity contribution >= 4 is 34.3 Å². The topological polar surface area (TPSA) is 54.4 Å². The second-order valence-electron chi connectivity index (χ2n) is 6.30. The molecule has 1 spiro atoms. The van der Waals surface area contributed by atoms with Crippen molar-refractivity contribution in [1.82, 2.24) is 0 Å². The zero-order chi connectivity index (χ0) is 13.2. The lowest BCUT2D eigenvalue weighted by Crippen LogP contribution is -2.42. The Balaban J connectivity index is 2.07. The van der Waals surface area contributed by atoms with Crippen molar-refractivity contribution in [2.24, 2.45) is 35.0 Å². The summed E-state index contributed by atoms with van der Waals surface area (Å²) >= 11 is 2.46. The van der Waals surface area contributed by atoms with Crippen LogP contribution in [0, 0.1) is 35.0 Å². The number of hydrogen-bond donors (Lipinski definition) is 1. The third-order valence-corrected chi connectivity index (χ3v) is 7.45. The van der Waals surface area contributed by atoms with Crippen LogP contribution in [-0.4, -0.2) is 20.8 Å². The molecule has 1 N–H and O–H groups in total. The largest absolute Gasteiger partial charge is 0.481 e. The van der Waals surface area contributed by atoms with Gasteiger partial charge in [0.05, 0.1) is 5.92 Å². The molecule has 0 aliphatic heterocycles. The molecule has 0 aromatic rings. The van der Waals surface area contributed by atoms with Crippen LogP contribution >= 0.6 is 22.6 Å². The van der Waals surface area contributed by atoms with Crippen molar-refractivity contribution in [2.75, 3.05) is 0 Å². The number of carboxylic acid groups (broad SMARTS) is 1. The number of rotatable bonds is 3. The standard InChI is InChI=1S/C14H19IO3/c1-3-7-10-8(6(2)16)9(13(17)18)11(12(7)15)14(10)4-5-14/h7-12H,3-5H2,1-2H3,(H,17,18). The molecule has 18 heavy (non-hydrogen) atoms. The van der Waals surface area contributed by atoms with Gasteiger partial charge in [-0.3, -0.25) is 9.59 Å². The molecule has 0 saturated heterocycles. The van der Waals surface area contributed by atoms with Crippen LogP contribution in [0.25, 0.3) is 0 Å². The van der Waals surface area contributed by atoms with Crippen LogP contribution in [0.5, 0.6) is 0 Å². The van der Waals surface area contributed by atoms with Crippen LogP contribution in [0.4, 0.5) is 0 Å². The van der Waals surface area contributed by atoms with E-state index in [2.05, 4.69) is 29.5 Å². The van der Waals surface area contributed by atoms with Crippen LogP contribution in [0.15, 0.2) is 0 Å². The summed E-state index contributed by atoms with van der Waals surface area (Å²) in [5, 5.41) is 9.54. The van der Waals surface area contributed by atoms with Gasteiger partial charge in [0, 0.05) is 9.84 Å². The Morgan fingerprint density at radius 1 is 1.28 bits per heavy atom. The fraction of sp³-hybridized carbons (Fsp3) is 0.857. The Hall–Kier alpha value is -0.130. The van der Waals surface area contributed by atoms with E-state index in [9.17, 15) is 14.7 Å². The molecule has 3 rings (SSSR count). The number of alkyl halides is 1. The highest BCUT2D eigenvalue weighted by atomic mass is 127. The lowest BCUT2D eigenvalue weighted by molar-refractivity contribution is -0.149. The van der Waals surface area contributed by atoms with E-state index in [1.807, 2.05) is 0 Å². The predicted molar refractivity (Wildman–Crippen MR) is 75.5 cm³/mol. The number of halogens is 1. The first-order valence-electron chi connectivity index (χ1n) is 6.83. The van der Waals surface area contributed by atoms with Gasteiger partial charge in [-0.15, -0.1) is 0 Å². The zero-order valence-corrected chi connectivity index (χ0v) is 12.9. The lowest BCUT2D eigenvalue weighted by Gasteiger charge is -2.35. The van der Waals surface area contributed by atoms with Gasteiger partial charge in [0.2, 0.25) is 0 Å². The summed E-state index contributed by atoms with van der Waals surface area (Å²) in [5.74, 6) is -0.158. The minimum Gasteiger partial charge on any atom is -0.481 e. The van der Waals surface area contributed by atoms with E-state index >= 15 is 0 Å². The van der Waals surface area contributed by atoms with E-state index in [4.69, 9.17) is 0 Å². The van der Waals surface area contributed by atoms with Gasteiger partial charge >= 0.3 is 5.97 Å². The number of carbonyl (C=O) groups is 2. The maximum absolute atomic E-state index is 12.0. The van der Waals surface area contributed by atoms with Gasteiger partial charge in [-0.05, 0) is 42.9 Å². The van der Waals surface area contributed by atoms with Crippen molar-refractivity contribution in [3.63, 3.8) is 0 Å². The molecule has 3 fully saturated rings. The summed E-state index contributed by atoms with van der Waals surface area (Å²) in [7, 11) is 0. The summed E-state index contributed by atoms with van der Waals surface area (Å²) in [6.07, 6.45) is 3.37. The molecule has 6 unspecified atom stereocenters. The van der Waals surface area contributed by atoms with Gasteiger partial charge in [0.15, 0.2) is 0 Å². The second-order valence-corrected chi connectivity index (χ2v) is 7.74. The summed E-state index contributed by atoms with van der Waals surface area (Å²) in [4.78, 5) is 23.6. The van der Waals surface area contributed by atoms with Crippen molar-refractivity contribution in [3.05, 3.63) is 0 Å². The molecule has 0 aromatic heterocycles. The molecule has 3 saturated carbocycles. The van der Waals surface area contributed by atoms with E-state index in [0.29, 0.717) is 15.8 Å². The van der Waals surface area contributed by atoms with E-state index in [1.54, 1.807) is 6.92 Å². The van der Waals surface area contributed by atoms with Crippen molar-refractivity contribution in [3.8, 4) is 0 Å². The molecular formula is C14H19IO3. The molecule has 0 radical (unpaired) electrons. The highest BCUT2D eigenvalue weighted by molar-refractivity contribution is 14.1. The summed E-state index contributed by atoms with van der Waals surface area (Å²) in [6.45, 7) is 3.77.